The van der Waals surface area contributed by atoms with Crippen molar-refractivity contribution in [2.24, 2.45) is 23.7 Å². The van der Waals surface area contributed by atoms with Crippen LogP contribution in [-0.4, -0.2) is 57.6 Å². The molecule has 1 aromatic carbocycles. The molecule has 0 radical (unpaired) electrons. The Morgan fingerprint density at radius 2 is 1.94 bits per heavy atom. The molecule has 176 valence electrons. The second-order valence-electron chi connectivity index (χ2n) is 8.92. The van der Waals surface area contributed by atoms with Gasteiger partial charge in [0.1, 0.15) is 11.6 Å². The maximum absolute atomic E-state index is 13.5. The van der Waals surface area contributed by atoms with E-state index in [-0.39, 0.29) is 47.5 Å². The second kappa shape index (κ2) is 10.3. The van der Waals surface area contributed by atoms with Gasteiger partial charge in [0.25, 0.3) is 5.91 Å². The van der Waals surface area contributed by atoms with Gasteiger partial charge in [0, 0.05) is 50.7 Å². The van der Waals surface area contributed by atoms with E-state index in [9.17, 15) is 14.0 Å². The summed E-state index contributed by atoms with van der Waals surface area (Å²) in [6.07, 6.45) is 2.40. The number of hydrogen-bond acceptors (Lipinski definition) is 6. The normalized spacial score (nSPS) is 31.3. The number of ether oxygens (including phenoxy) is 2. The van der Waals surface area contributed by atoms with Gasteiger partial charge < -0.3 is 20.1 Å². The lowest BCUT2D eigenvalue weighted by Gasteiger charge is -2.50. The molecule has 2 amide bonds. The van der Waals surface area contributed by atoms with E-state index in [0.717, 1.165) is 32.0 Å². The van der Waals surface area contributed by atoms with Crippen LogP contribution in [0.25, 0.3) is 0 Å². The Morgan fingerprint density at radius 3 is 2.62 bits per heavy atom. The van der Waals surface area contributed by atoms with Gasteiger partial charge >= 0.3 is 0 Å². The van der Waals surface area contributed by atoms with E-state index in [0.29, 0.717) is 30.7 Å². The smallest absolute Gasteiger partial charge is 0.258 e. The molecule has 5 rings (SSSR count). The zero-order chi connectivity index (χ0) is 22.7. The first kappa shape index (κ1) is 23.2. The fourth-order valence-corrected chi connectivity index (χ4v) is 4.98. The van der Waals surface area contributed by atoms with E-state index in [1.54, 1.807) is 7.11 Å². The highest BCUT2D eigenvalue weighted by Crippen LogP contribution is 2.49. The summed E-state index contributed by atoms with van der Waals surface area (Å²) in [7, 11) is 1.64. The van der Waals surface area contributed by atoms with Crippen LogP contribution in [0.1, 0.15) is 19.3 Å². The number of carbonyl (C=O) groups excluding carboxylic acids is 2. The van der Waals surface area contributed by atoms with Crippen molar-refractivity contribution < 1.29 is 23.5 Å². The van der Waals surface area contributed by atoms with Crippen LogP contribution in [0.4, 0.5) is 4.39 Å². The first-order valence-electron chi connectivity index (χ1n) is 11.1. The topological polar surface area (TPSA) is 101 Å². The highest BCUT2D eigenvalue weighted by atomic mass is 35.5. The Balaban J connectivity index is 1.21. The van der Waals surface area contributed by atoms with Crippen molar-refractivity contribution in [3.63, 3.8) is 0 Å². The maximum Gasteiger partial charge on any atom is 0.258 e. The van der Waals surface area contributed by atoms with Gasteiger partial charge in [-0.25, -0.2) is 4.39 Å². The lowest BCUT2D eigenvalue weighted by Crippen LogP contribution is -2.58. The van der Waals surface area contributed by atoms with Gasteiger partial charge in [0.2, 0.25) is 5.91 Å². The summed E-state index contributed by atoms with van der Waals surface area (Å²) in [5.74, 6) is 0.442. The summed E-state index contributed by atoms with van der Waals surface area (Å²) in [6, 6.07) is 4.01. The first-order valence-corrected chi connectivity index (χ1v) is 11.4. The van der Waals surface area contributed by atoms with E-state index in [1.165, 1.54) is 12.1 Å². The Hall–Kier alpha value is -1.94. The molecule has 1 aromatic rings. The van der Waals surface area contributed by atoms with E-state index in [2.05, 4.69) is 21.3 Å². The van der Waals surface area contributed by atoms with Crippen LogP contribution in [-0.2, 0) is 14.3 Å². The quantitative estimate of drug-likeness (QED) is 0.458. The number of rotatable bonds is 8. The van der Waals surface area contributed by atoms with Crippen LogP contribution in [0.2, 0.25) is 5.02 Å². The zero-order valence-corrected chi connectivity index (χ0v) is 18.8. The van der Waals surface area contributed by atoms with E-state index < -0.39 is 5.82 Å². The molecule has 0 spiro atoms. The molecule has 2 bridgehead atoms. The van der Waals surface area contributed by atoms with Crippen molar-refractivity contribution >= 4 is 23.4 Å². The molecule has 2 atom stereocenters. The summed E-state index contributed by atoms with van der Waals surface area (Å²) in [5, 5.41) is 12.6. The van der Waals surface area contributed by atoms with Crippen LogP contribution in [0.5, 0.6) is 5.75 Å². The molecule has 3 aliphatic carbocycles. The Labute approximate surface area is 191 Å². The number of carbonyl (C=O) groups is 2. The average molecular weight is 469 g/mol. The lowest BCUT2D eigenvalue weighted by atomic mass is 9.57. The summed E-state index contributed by atoms with van der Waals surface area (Å²) < 4.78 is 24.1. The minimum Gasteiger partial charge on any atom is -0.484 e. The van der Waals surface area contributed by atoms with Crippen molar-refractivity contribution in [3.05, 3.63) is 29.0 Å². The molecule has 1 heterocycles. The molecule has 32 heavy (non-hydrogen) atoms. The summed E-state index contributed by atoms with van der Waals surface area (Å²) in [5.41, 5.74) is 0. The summed E-state index contributed by atoms with van der Waals surface area (Å²) in [4.78, 5) is 25.2. The number of halogens is 2. The van der Waals surface area contributed by atoms with E-state index in [1.807, 2.05) is 0 Å². The minimum atomic E-state index is -0.593. The highest BCUT2D eigenvalue weighted by molar-refractivity contribution is 6.30. The van der Waals surface area contributed by atoms with Gasteiger partial charge in [-0.3, -0.25) is 20.2 Å². The van der Waals surface area contributed by atoms with Crippen molar-refractivity contribution in [2.75, 3.05) is 33.4 Å². The zero-order valence-electron chi connectivity index (χ0n) is 18.0. The molecule has 0 aromatic heterocycles. The SMILES string of the molecule is COC1NCC(CNC(=O)C2C[C@H](NC(=O)COc3ccc(Cl)c(F)c3)C3CC2C3)CN1. The largest absolute Gasteiger partial charge is 0.484 e. The first-order chi connectivity index (χ1) is 15.4. The predicted octanol–water partition coefficient (Wildman–Crippen LogP) is 1.24. The van der Waals surface area contributed by atoms with Crippen LogP contribution >= 0.6 is 11.6 Å². The number of nitrogens with one attached hydrogen (secondary N) is 4. The third-order valence-electron chi connectivity index (χ3n) is 6.79. The molecule has 4 aliphatic rings. The Morgan fingerprint density at radius 1 is 1.19 bits per heavy atom. The second-order valence-corrected chi connectivity index (χ2v) is 9.32. The minimum absolute atomic E-state index is 0.00282. The summed E-state index contributed by atoms with van der Waals surface area (Å²) >= 11 is 5.66. The van der Waals surface area contributed by atoms with Gasteiger partial charge in [0.15, 0.2) is 13.0 Å². The standard InChI is InChI=1S/C22H30ClFN4O4/c1-31-22-26-9-12(10-27-22)8-25-21(30)16-7-19(14-4-13(16)5-14)28-20(29)11-32-15-2-3-17(23)18(24)6-15/h2-3,6,12-14,16,19,22,26-27H,4-5,7-11H2,1H3,(H,25,30)(H,28,29)/t12?,13?,14?,16?,19-,22?/m0/s1. The Bertz CT molecular complexity index is 830. The lowest BCUT2D eigenvalue weighted by molar-refractivity contribution is -0.136. The molecule has 1 saturated heterocycles. The van der Waals surface area contributed by atoms with Gasteiger partial charge in [-0.05, 0) is 43.2 Å². The Kier molecular flexibility index (Phi) is 7.50. The number of fused-ring (bicyclic) bond motifs is 2. The molecular formula is C22H30ClFN4O4. The predicted molar refractivity (Wildman–Crippen MR) is 116 cm³/mol. The van der Waals surface area contributed by atoms with Gasteiger partial charge in [0.05, 0.1) is 5.02 Å². The molecular weight excluding hydrogens is 439 g/mol. The molecule has 8 nitrogen and oxygen atoms in total. The van der Waals surface area contributed by atoms with Gasteiger partial charge in [-0.2, -0.15) is 0 Å². The highest BCUT2D eigenvalue weighted by Gasteiger charge is 2.48. The average Bonchev–Trinajstić information content (AvgIpc) is 2.77. The maximum atomic E-state index is 13.5. The van der Waals surface area contributed by atoms with Crippen molar-refractivity contribution in [3.8, 4) is 5.75 Å². The third-order valence-corrected chi connectivity index (χ3v) is 7.09. The number of amides is 2. The number of benzene rings is 1. The molecule has 4 fully saturated rings. The summed E-state index contributed by atoms with van der Waals surface area (Å²) in [6.45, 7) is 1.94. The molecule has 3 saturated carbocycles. The molecule has 10 heteroatoms. The van der Waals surface area contributed by atoms with E-state index in [4.69, 9.17) is 21.1 Å². The van der Waals surface area contributed by atoms with Gasteiger partial charge in [-0.1, -0.05) is 11.6 Å². The monoisotopic (exact) mass is 468 g/mol. The molecule has 1 unspecified atom stereocenters. The third kappa shape index (κ3) is 5.51. The molecule has 4 N–H and O–H groups in total. The van der Waals surface area contributed by atoms with E-state index >= 15 is 0 Å². The fraction of sp³-hybridized carbons (Fsp3) is 0.636. The van der Waals surface area contributed by atoms with Crippen molar-refractivity contribution in [2.45, 2.75) is 31.7 Å². The van der Waals surface area contributed by atoms with Crippen LogP contribution in [0.3, 0.4) is 0 Å². The van der Waals surface area contributed by atoms with Crippen LogP contribution < -0.4 is 26.0 Å². The van der Waals surface area contributed by atoms with Crippen LogP contribution in [0.15, 0.2) is 18.2 Å². The number of methoxy groups -OCH3 is 1. The van der Waals surface area contributed by atoms with Gasteiger partial charge in [-0.15, -0.1) is 0 Å². The van der Waals surface area contributed by atoms with Crippen molar-refractivity contribution in [1.29, 1.82) is 0 Å². The number of hydrogen-bond donors (Lipinski definition) is 4. The van der Waals surface area contributed by atoms with Crippen molar-refractivity contribution in [1.82, 2.24) is 21.3 Å². The fourth-order valence-electron chi connectivity index (χ4n) is 4.86. The molecule has 1 aliphatic heterocycles. The van der Waals surface area contributed by atoms with Crippen LogP contribution in [0, 0.1) is 29.5 Å².